The summed E-state index contributed by atoms with van der Waals surface area (Å²) in [6, 6.07) is 0. The van der Waals surface area contributed by atoms with E-state index in [1.54, 1.807) is 0 Å². The molecule has 4 saturated carbocycles. The second-order valence-corrected chi connectivity index (χ2v) is 15.0. The van der Waals surface area contributed by atoms with Crippen molar-refractivity contribution in [3.8, 4) is 0 Å². The Morgan fingerprint density at radius 3 is 2.17 bits per heavy atom. The van der Waals surface area contributed by atoms with Crippen molar-refractivity contribution >= 4 is 56.1 Å². The molecule has 2 aromatic rings. The molecule has 2 aromatic heterocycles. The van der Waals surface area contributed by atoms with E-state index < -0.39 is 0 Å². The average Bonchev–Trinajstić information content (AvgIpc) is 3.28. The van der Waals surface area contributed by atoms with Gasteiger partial charge in [0.25, 0.3) is 0 Å². The number of thioether (sulfide) groups is 1. The maximum absolute atomic E-state index is 12.8. The van der Waals surface area contributed by atoms with Crippen LogP contribution >= 0.6 is 11.8 Å². The van der Waals surface area contributed by atoms with Crippen LogP contribution in [0.4, 0.5) is 9.38 Å². The van der Waals surface area contributed by atoms with Crippen molar-refractivity contribution in [2.45, 2.75) is 57.8 Å². The Labute approximate surface area is 193 Å². The first-order valence-corrected chi connectivity index (χ1v) is 15.4. The SMILES string of the molecule is Nc1nnc(CCSCCc2nnc(NC(=O)CC34CC5CC(CC(C5)C3)C4)[se]2)[se]1. The van der Waals surface area contributed by atoms with Crippen LogP contribution in [0.15, 0.2) is 0 Å². The number of nitrogens with zero attached hydrogens (tertiary/aromatic N) is 4. The molecule has 4 fully saturated rings. The number of anilines is 2. The van der Waals surface area contributed by atoms with Crippen LogP contribution in [-0.2, 0) is 17.6 Å². The molecule has 0 saturated heterocycles. The molecular formula is C20H28N6OSSe2. The van der Waals surface area contributed by atoms with Crippen LogP contribution in [0.2, 0.25) is 0 Å². The Morgan fingerprint density at radius 1 is 0.967 bits per heavy atom. The summed E-state index contributed by atoms with van der Waals surface area (Å²) in [6.07, 6.45) is 10.7. The molecule has 4 aliphatic carbocycles. The summed E-state index contributed by atoms with van der Waals surface area (Å²) in [5.41, 5.74) is 5.95. The van der Waals surface area contributed by atoms with Gasteiger partial charge in [-0.05, 0) is 0 Å². The Balaban J connectivity index is 1.05. The van der Waals surface area contributed by atoms with Crippen molar-refractivity contribution < 1.29 is 4.79 Å². The normalized spacial score (nSPS) is 29.4. The van der Waals surface area contributed by atoms with Crippen LogP contribution in [-0.4, -0.2) is 66.8 Å². The minimum atomic E-state index is 0.0681. The number of rotatable bonds is 9. The van der Waals surface area contributed by atoms with E-state index in [2.05, 4.69) is 25.7 Å². The molecule has 4 bridgehead atoms. The molecule has 2 heterocycles. The van der Waals surface area contributed by atoms with E-state index in [0.717, 1.165) is 55.9 Å². The molecule has 0 atom stereocenters. The fraction of sp³-hybridized carbons (Fsp3) is 0.750. The third-order valence-corrected chi connectivity index (χ3v) is 11.4. The van der Waals surface area contributed by atoms with E-state index in [0.29, 0.717) is 11.1 Å². The number of nitrogens with one attached hydrogen (secondary N) is 1. The van der Waals surface area contributed by atoms with E-state index in [-0.39, 0.29) is 40.3 Å². The molecule has 7 nitrogen and oxygen atoms in total. The Kier molecular flexibility index (Phi) is 6.41. The number of aryl methyl sites for hydroxylation is 2. The van der Waals surface area contributed by atoms with E-state index in [1.807, 2.05) is 11.8 Å². The molecule has 30 heavy (non-hydrogen) atoms. The first-order valence-electron chi connectivity index (χ1n) is 10.8. The van der Waals surface area contributed by atoms with Gasteiger partial charge in [-0.3, -0.25) is 0 Å². The van der Waals surface area contributed by atoms with Gasteiger partial charge in [0.05, 0.1) is 0 Å². The molecule has 6 rings (SSSR count). The summed E-state index contributed by atoms with van der Waals surface area (Å²) in [5, 5.41) is 19.7. The maximum atomic E-state index is 12.8. The van der Waals surface area contributed by atoms with Gasteiger partial charge < -0.3 is 0 Å². The van der Waals surface area contributed by atoms with Crippen molar-refractivity contribution in [1.82, 2.24) is 20.4 Å². The van der Waals surface area contributed by atoms with Gasteiger partial charge in [-0.15, -0.1) is 0 Å². The summed E-state index contributed by atoms with van der Waals surface area (Å²) < 4.78 is 3.76. The summed E-state index contributed by atoms with van der Waals surface area (Å²) in [4.78, 5) is 12.8. The summed E-state index contributed by atoms with van der Waals surface area (Å²) >= 11 is 2.14. The molecule has 1 amide bonds. The second-order valence-electron chi connectivity index (χ2n) is 9.29. The van der Waals surface area contributed by atoms with Crippen LogP contribution in [0.5, 0.6) is 0 Å². The molecule has 3 N–H and O–H groups in total. The topological polar surface area (TPSA) is 107 Å². The summed E-state index contributed by atoms with van der Waals surface area (Å²) in [7, 11) is 0. The van der Waals surface area contributed by atoms with Crippen LogP contribution in [0, 0.1) is 23.2 Å². The van der Waals surface area contributed by atoms with Crippen LogP contribution in [0.25, 0.3) is 0 Å². The molecule has 162 valence electrons. The van der Waals surface area contributed by atoms with E-state index in [4.69, 9.17) is 5.73 Å². The Hall–Kier alpha value is -0.661. The number of carbonyl (C=O) groups is 1. The Morgan fingerprint density at radius 2 is 1.57 bits per heavy atom. The van der Waals surface area contributed by atoms with Gasteiger partial charge >= 0.3 is 194 Å². The molecule has 0 spiro atoms. The zero-order valence-corrected chi connectivity index (χ0v) is 21.3. The van der Waals surface area contributed by atoms with E-state index in [1.165, 1.54) is 38.5 Å². The predicted molar refractivity (Wildman–Crippen MR) is 121 cm³/mol. The van der Waals surface area contributed by atoms with Gasteiger partial charge in [-0.1, -0.05) is 0 Å². The first-order chi connectivity index (χ1) is 14.6. The molecule has 4 aliphatic rings. The quantitative estimate of drug-likeness (QED) is 0.359. The zero-order chi connectivity index (χ0) is 20.6. The number of nitrogen functional groups attached to an aromatic ring is 1. The molecular weight excluding hydrogens is 530 g/mol. The molecule has 0 radical (unpaired) electrons. The van der Waals surface area contributed by atoms with Crippen LogP contribution in [0.1, 0.15) is 54.1 Å². The third-order valence-electron chi connectivity index (χ3n) is 6.82. The predicted octanol–water partition coefficient (Wildman–Crippen LogP) is 2.03. The number of nitrogens with two attached hydrogens (primary N) is 1. The van der Waals surface area contributed by atoms with Gasteiger partial charge in [0.15, 0.2) is 0 Å². The fourth-order valence-corrected chi connectivity index (χ4v) is 10.5. The monoisotopic (exact) mass is 560 g/mol. The minimum absolute atomic E-state index is 0.0681. The van der Waals surface area contributed by atoms with Crippen LogP contribution in [0.3, 0.4) is 0 Å². The van der Waals surface area contributed by atoms with Crippen molar-refractivity contribution in [2.75, 3.05) is 22.6 Å². The van der Waals surface area contributed by atoms with Gasteiger partial charge in [0.1, 0.15) is 0 Å². The first kappa shape index (κ1) is 21.2. The fourth-order valence-electron chi connectivity index (χ4n) is 6.20. The van der Waals surface area contributed by atoms with Gasteiger partial charge in [0, 0.05) is 0 Å². The van der Waals surface area contributed by atoms with Crippen molar-refractivity contribution in [1.29, 1.82) is 0 Å². The zero-order valence-electron chi connectivity index (χ0n) is 17.0. The number of hydrogen-bond donors (Lipinski definition) is 2. The standard InChI is InChI=1S/C20H28N6OSSe2/c21-18-25-23-16(29-18)1-3-28-4-2-17-24-26-19(30-17)22-15(27)11-20-8-12-5-13(9-20)7-14(6-12)10-20/h12-14H,1-11H2,(H2,21,25)(H,22,26,27). The van der Waals surface area contributed by atoms with Crippen molar-refractivity contribution in [3.63, 3.8) is 0 Å². The average molecular weight is 558 g/mol. The van der Waals surface area contributed by atoms with Gasteiger partial charge in [-0.25, -0.2) is 0 Å². The van der Waals surface area contributed by atoms with Crippen molar-refractivity contribution in [2.24, 2.45) is 23.2 Å². The molecule has 0 unspecified atom stereocenters. The third kappa shape index (κ3) is 5.04. The number of carbonyl (C=O) groups excluding carboxylic acids is 1. The number of amides is 1. The van der Waals surface area contributed by atoms with E-state index >= 15 is 0 Å². The second kappa shape index (κ2) is 9.06. The number of hydrogen-bond acceptors (Lipinski definition) is 7. The molecule has 0 aliphatic heterocycles. The number of aromatic nitrogens is 4. The molecule has 0 aromatic carbocycles. The molecule has 10 heteroatoms. The van der Waals surface area contributed by atoms with Crippen LogP contribution < -0.4 is 11.1 Å². The van der Waals surface area contributed by atoms with Crippen molar-refractivity contribution in [3.05, 3.63) is 9.14 Å². The Bertz CT molecular complexity index is 864. The summed E-state index contributed by atoms with van der Waals surface area (Å²) in [5.74, 6) is 4.90. The van der Waals surface area contributed by atoms with Gasteiger partial charge in [-0.2, -0.15) is 0 Å². The van der Waals surface area contributed by atoms with E-state index in [9.17, 15) is 4.79 Å². The van der Waals surface area contributed by atoms with Gasteiger partial charge in [0.2, 0.25) is 0 Å². The summed E-state index contributed by atoms with van der Waals surface area (Å²) in [6.45, 7) is 0.